The van der Waals surface area contributed by atoms with Crippen LogP contribution in [0.2, 0.25) is 0 Å². The lowest BCUT2D eigenvalue weighted by molar-refractivity contribution is -0.148. The standard InChI is InChI=1S/C15H25NO5/c1-9(2)8-20-13(18)12-10(3)11(17)7-16(12)14(19)21-15(4,5)6/h9,11-12,17H,3,7-8H2,1-2,4-6H3/t11-,12-/m0/s1. The number of hydrogen-bond donors (Lipinski definition) is 1. The van der Waals surface area contributed by atoms with Gasteiger partial charge >= 0.3 is 12.1 Å². The Morgan fingerprint density at radius 1 is 1.43 bits per heavy atom. The van der Waals surface area contributed by atoms with E-state index in [1.807, 2.05) is 13.8 Å². The second kappa shape index (κ2) is 6.47. The molecule has 2 atom stereocenters. The average Bonchev–Trinajstić information content (AvgIpc) is 2.61. The van der Waals surface area contributed by atoms with Crippen LogP contribution in [0, 0.1) is 5.92 Å². The van der Waals surface area contributed by atoms with E-state index < -0.39 is 29.8 Å². The summed E-state index contributed by atoms with van der Waals surface area (Å²) >= 11 is 0. The highest BCUT2D eigenvalue weighted by Gasteiger charge is 2.44. The van der Waals surface area contributed by atoms with E-state index in [1.165, 1.54) is 4.90 Å². The maximum atomic E-state index is 12.1. The van der Waals surface area contributed by atoms with Crippen LogP contribution in [0.25, 0.3) is 0 Å². The van der Waals surface area contributed by atoms with Crippen molar-refractivity contribution < 1.29 is 24.2 Å². The number of ether oxygens (including phenoxy) is 2. The molecule has 0 spiro atoms. The lowest BCUT2D eigenvalue weighted by Crippen LogP contribution is -2.44. The van der Waals surface area contributed by atoms with Gasteiger partial charge in [0.1, 0.15) is 5.60 Å². The van der Waals surface area contributed by atoms with E-state index in [0.717, 1.165) is 0 Å². The Morgan fingerprint density at radius 3 is 2.48 bits per heavy atom. The van der Waals surface area contributed by atoms with Gasteiger partial charge in [-0.15, -0.1) is 0 Å². The highest BCUT2D eigenvalue weighted by Crippen LogP contribution is 2.26. The summed E-state index contributed by atoms with van der Waals surface area (Å²) in [6.07, 6.45) is -1.61. The molecule has 6 heteroatoms. The van der Waals surface area contributed by atoms with Crippen molar-refractivity contribution in [3.05, 3.63) is 12.2 Å². The molecule has 1 fully saturated rings. The first kappa shape index (κ1) is 17.5. The molecule has 1 rings (SSSR count). The minimum atomic E-state index is -0.992. The van der Waals surface area contributed by atoms with Crippen molar-refractivity contribution in [2.24, 2.45) is 5.92 Å². The van der Waals surface area contributed by atoms with Crippen LogP contribution in [-0.2, 0) is 14.3 Å². The highest BCUT2D eigenvalue weighted by molar-refractivity contribution is 5.86. The Morgan fingerprint density at radius 2 is 2.00 bits per heavy atom. The summed E-state index contributed by atoms with van der Waals surface area (Å²) in [5, 5.41) is 9.86. The van der Waals surface area contributed by atoms with Crippen LogP contribution < -0.4 is 0 Å². The van der Waals surface area contributed by atoms with Gasteiger partial charge < -0.3 is 14.6 Å². The van der Waals surface area contributed by atoms with E-state index in [1.54, 1.807) is 20.8 Å². The minimum absolute atomic E-state index is 0.0187. The molecule has 0 aromatic carbocycles. The van der Waals surface area contributed by atoms with Crippen LogP contribution in [0.5, 0.6) is 0 Å². The quantitative estimate of drug-likeness (QED) is 0.634. The molecular formula is C15H25NO5. The van der Waals surface area contributed by atoms with Crippen molar-refractivity contribution in [1.29, 1.82) is 0 Å². The fourth-order valence-corrected chi connectivity index (χ4v) is 1.90. The van der Waals surface area contributed by atoms with Gasteiger partial charge in [-0.1, -0.05) is 20.4 Å². The van der Waals surface area contributed by atoms with Gasteiger partial charge in [0.25, 0.3) is 0 Å². The fourth-order valence-electron chi connectivity index (χ4n) is 1.90. The number of β-amino-alcohol motifs (C(OH)–C–C–N with tert-alkyl or cyclic N) is 1. The van der Waals surface area contributed by atoms with Crippen molar-refractivity contribution >= 4 is 12.1 Å². The third-order valence-electron chi connectivity index (χ3n) is 2.87. The molecule has 1 aliphatic rings. The van der Waals surface area contributed by atoms with E-state index in [2.05, 4.69) is 6.58 Å². The van der Waals surface area contributed by atoms with Crippen molar-refractivity contribution in [2.45, 2.75) is 52.4 Å². The summed E-state index contributed by atoms with van der Waals surface area (Å²) in [6.45, 7) is 13.0. The number of likely N-dealkylation sites (tertiary alicyclic amines) is 1. The number of hydrogen-bond acceptors (Lipinski definition) is 5. The monoisotopic (exact) mass is 299 g/mol. The van der Waals surface area contributed by atoms with Crippen LogP contribution >= 0.6 is 0 Å². The third-order valence-corrected chi connectivity index (χ3v) is 2.87. The van der Waals surface area contributed by atoms with Crippen molar-refractivity contribution in [1.82, 2.24) is 4.90 Å². The SMILES string of the molecule is C=C1[C@@H](C(=O)OCC(C)C)N(C(=O)OC(C)(C)C)C[C@@H]1O. The molecule has 1 heterocycles. The molecule has 0 bridgehead atoms. The Hall–Kier alpha value is -1.56. The average molecular weight is 299 g/mol. The lowest BCUT2D eigenvalue weighted by Gasteiger charge is -2.27. The zero-order chi connectivity index (χ0) is 16.4. The van der Waals surface area contributed by atoms with E-state index in [-0.39, 0.29) is 24.6 Å². The number of carbonyl (C=O) groups is 2. The van der Waals surface area contributed by atoms with Crippen LogP contribution in [0.15, 0.2) is 12.2 Å². The van der Waals surface area contributed by atoms with E-state index in [4.69, 9.17) is 9.47 Å². The van der Waals surface area contributed by atoms with E-state index >= 15 is 0 Å². The van der Waals surface area contributed by atoms with Gasteiger partial charge in [0.15, 0.2) is 6.04 Å². The molecule has 120 valence electrons. The second-order valence-corrected chi connectivity index (χ2v) is 6.65. The molecule has 0 aliphatic carbocycles. The highest BCUT2D eigenvalue weighted by atomic mass is 16.6. The maximum absolute atomic E-state index is 12.1. The Balaban J connectivity index is 2.84. The molecule has 1 N–H and O–H groups in total. The summed E-state index contributed by atoms with van der Waals surface area (Å²) in [6, 6.07) is -0.992. The zero-order valence-electron chi connectivity index (χ0n) is 13.4. The van der Waals surface area contributed by atoms with E-state index in [9.17, 15) is 14.7 Å². The number of carbonyl (C=O) groups excluding carboxylic acids is 2. The first-order valence-electron chi connectivity index (χ1n) is 7.06. The number of amides is 1. The molecule has 0 radical (unpaired) electrons. The number of rotatable bonds is 3. The lowest BCUT2D eigenvalue weighted by atomic mass is 10.1. The number of aliphatic hydroxyl groups excluding tert-OH is 1. The normalized spacial score (nSPS) is 22.6. The van der Waals surface area contributed by atoms with Crippen LogP contribution in [0.4, 0.5) is 4.79 Å². The van der Waals surface area contributed by atoms with Gasteiger partial charge in [-0.25, -0.2) is 9.59 Å². The largest absolute Gasteiger partial charge is 0.464 e. The van der Waals surface area contributed by atoms with Gasteiger partial charge in [0.05, 0.1) is 19.3 Å². The number of aliphatic hydroxyl groups is 1. The Labute approximate surface area is 125 Å². The predicted molar refractivity (Wildman–Crippen MR) is 77.7 cm³/mol. The van der Waals surface area contributed by atoms with E-state index in [0.29, 0.717) is 0 Å². The van der Waals surface area contributed by atoms with Gasteiger partial charge in [0, 0.05) is 0 Å². The summed E-state index contributed by atoms with van der Waals surface area (Å²) < 4.78 is 10.4. The molecule has 0 aromatic rings. The summed E-state index contributed by atoms with van der Waals surface area (Å²) in [4.78, 5) is 25.5. The van der Waals surface area contributed by atoms with Gasteiger partial charge in [-0.05, 0) is 32.3 Å². The third kappa shape index (κ3) is 4.74. The molecule has 21 heavy (non-hydrogen) atoms. The second-order valence-electron chi connectivity index (χ2n) is 6.65. The number of nitrogens with zero attached hydrogens (tertiary/aromatic N) is 1. The molecule has 1 saturated heterocycles. The fraction of sp³-hybridized carbons (Fsp3) is 0.733. The van der Waals surface area contributed by atoms with Crippen LogP contribution in [0.3, 0.4) is 0 Å². The van der Waals surface area contributed by atoms with Gasteiger partial charge in [-0.2, -0.15) is 0 Å². The van der Waals surface area contributed by atoms with Crippen LogP contribution in [-0.4, -0.2) is 53.0 Å². The first-order chi connectivity index (χ1) is 9.53. The summed E-state index contributed by atoms with van der Waals surface area (Å²) in [5.74, 6) is -0.403. The van der Waals surface area contributed by atoms with Gasteiger partial charge in [-0.3, -0.25) is 4.90 Å². The van der Waals surface area contributed by atoms with Crippen molar-refractivity contribution in [3.63, 3.8) is 0 Å². The molecule has 0 saturated carbocycles. The first-order valence-corrected chi connectivity index (χ1v) is 7.06. The smallest absolute Gasteiger partial charge is 0.411 e. The zero-order valence-corrected chi connectivity index (χ0v) is 13.4. The topological polar surface area (TPSA) is 76.1 Å². The van der Waals surface area contributed by atoms with Gasteiger partial charge in [0.2, 0.25) is 0 Å². The molecule has 6 nitrogen and oxygen atoms in total. The van der Waals surface area contributed by atoms with Crippen molar-refractivity contribution in [2.75, 3.05) is 13.2 Å². The maximum Gasteiger partial charge on any atom is 0.411 e. The molecule has 0 aromatic heterocycles. The summed E-state index contributed by atoms with van der Waals surface area (Å²) in [7, 11) is 0. The minimum Gasteiger partial charge on any atom is -0.464 e. The summed E-state index contributed by atoms with van der Waals surface area (Å²) in [5.41, 5.74) is -0.423. The molecule has 0 unspecified atom stereocenters. The van der Waals surface area contributed by atoms with Crippen molar-refractivity contribution in [3.8, 4) is 0 Å². The molecular weight excluding hydrogens is 274 g/mol. The number of esters is 1. The van der Waals surface area contributed by atoms with Crippen LogP contribution in [0.1, 0.15) is 34.6 Å². The Bertz CT molecular complexity index is 424. The molecule has 1 amide bonds. The predicted octanol–water partition coefficient (Wildman–Crippen LogP) is 1.72. The molecule has 1 aliphatic heterocycles. The Kier molecular flexibility index (Phi) is 5.39.